The lowest BCUT2D eigenvalue weighted by Crippen LogP contribution is -2.23. The summed E-state index contributed by atoms with van der Waals surface area (Å²) in [6.07, 6.45) is 1.72. The van der Waals surface area contributed by atoms with Crippen molar-refractivity contribution < 1.29 is 19.0 Å². The molecule has 0 bridgehead atoms. The maximum atomic E-state index is 12.8. The molecule has 170 valence electrons. The molecule has 2 aromatic heterocycles. The van der Waals surface area contributed by atoms with E-state index in [0.717, 1.165) is 15.6 Å². The number of carbonyl (C=O) groups excluding carboxylic acids is 1. The van der Waals surface area contributed by atoms with Gasteiger partial charge in [0.05, 0.1) is 33.4 Å². The second kappa shape index (κ2) is 9.78. The van der Waals surface area contributed by atoms with Crippen molar-refractivity contribution in [2.75, 3.05) is 21.3 Å². The number of ether oxygens (including phenoxy) is 3. The summed E-state index contributed by atoms with van der Waals surface area (Å²) in [5.41, 5.74) is 4.06. The number of hydrogen-bond acceptors (Lipinski definition) is 6. The molecule has 0 fully saturated rings. The molecule has 4 aromatic rings. The summed E-state index contributed by atoms with van der Waals surface area (Å²) in [7, 11) is 4.67. The number of carbonyl (C=O) groups is 1. The Labute approximate surface area is 198 Å². The molecule has 4 rings (SSSR count). The van der Waals surface area contributed by atoms with Gasteiger partial charge in [-0.2, -0.15) is 15.4 Å². The monoisotopic (exact) mass is 511 g/mol. The maximum Gasteiger partial charge on any atom is 0.267 e. The molecule has 10 heteroatoms. The normalized spacial score (nSPS) is 10.7. The van der Waals surface area contributed by atoms with Crippen molar-refractivity contribution >= 4 is 21.8 Å². The fourth-order valence-electron chi connectivity index (χ4n) is 3.45. The Balaban J connectivity index is 1.53. The Morgan fingerprint density at radius 2 is 1.67 bits per heavy atom. The van der Waals surface area contributed by atoms with Gasteiger partial charge >= 0.3 is 0 Å². The molecular weight excluding hydrogens is 490 g/mol. The van der Waals surface area contributed by atoms with Crippen LogP contribution in [-0.4, -0.2) is 47.6 Å². The average Bonchev–Trinajstić information content (AvgIpc) is 3.51. The van der Waals surface area contributed by atoms with Gasteiger partial charge in [0.1, 0.15) is 34.3 Å². The number of hydrogen-bond donors (Lipinski definition) is 3. The van der Waals surface area contributed by atoms with Crippen LogP contribution in [0.3, 0.4) is 0 Å². The summed E-state index contributed by atoms with van der Waals surface area (Å²) in [5, 5.41) is 14.1. The number of benzene rings is 2. The first-order valence-electron chi connectivity index (χ1n) is 9.96. The third kappa shape index (κ3) is 4.70. The first-order valence-corrected chi connectivity index (χ1v) is 10.8. The highest BCUT2D eigenvalue weighted by atomic mass is 79.9. The summed E-state index contributed by atoms with van der Waals surface area (Å²) >= 11 is 3.47. The van der Waals surface area contributed by atoms with Gasteiger partial charge in [-0.15, -0.1) is 0 Å². The van der Waals surface area contributed by atoms with Crippen LogP contribution in [0.25, 0.3) is 22.5 Å². The smallest absolute Gasteiger partial charge is 0.267 e. The molecule has 33 heavy (non-hydrogen) atoms. The van der Waals surface area contributed by atoms with Crippen LogP contribution in [-0.2, 0) is 6.54 Å². The molecule has 0 aliphatic heterocycles. The van der Waals surface area contributed by atoms with Crippen LogP contribution in [0.15, 0.2) is 53.1 Å². The van der Waals surface area contributed by atoms with Gasteiger partial charge in [-0.25, -0.2) is 0 Å². The van der Waals surface area contributed by atoms with Gasteiger partial charge < -0.3 is 24.5 Å². The number of amides is 1. The molecular formula is C23H22BrN5O4. The van der Waals surface area contributed by atoms with Crippen LogP contribution < -0.4 is 19.5 Å². The number of methoxy groups -OCH3 is 3. The highest BCUT2D eigenvalue weighted by molar-refractivity contribution is 9.10. The predicted octanol–water partition coefficient (Wildman–Crippen LogP) is 4.19. The van der Waals surface area contributed by atoms with Crippen molar-refractivity contribution in [1.29, 1.82) is 0 Å². The van der Waals surface area contributed by atoms with E-state index in [0.29, 0.717) is 39.9 Å². The Kier molecular flexibility index (Phi) is 6.64. The zero-order valence-electron chi connectivity index (χ0n) is 18.2. The van der Waals surface area contributed by atoms with E-state index in [4.69, 9.17) is 14.2 Å². The summed E-state index contributed by atoms with van der Waals surface area (Å²) in [5.74, 6) is 1.43. The van der Waals surface area contributed by atoms with E-state index < -0.39 is 0 Å². The molecule has 9 nitrogen and oxygen atoms in total. The Hall–Kier alpha value is -3.79. The fourth-order valence-corrected chi connectivity index (χ4v) is 3.85. The quantitative estimate of drug-likeness (QED) is 0.326. The van der Waals surface area contributed by atoms with Gasteiger partial charge in [0.2, 0.25) is 0 Å². The summed E-state index contributed by atoms with van der Waals surface area (Å²) in [4.78, 5) is 15.8. The standard InChI is InChI=1S/C23H22BrN5O4/c1-31-16-9-19(32-2)17(20(10-16)33-3)12-26-23(30)18-8-14(11-25-18)22-21(27-29-28-22)13-5-4-6-15(24)7-13/h4-11,25H,12H2,1-3H3,(H,26,30)(H,27,28,29). The van der Waals surface area contributed by atoms with Gasteiger partial charge in [0, 0.05) is 33.9 Å². The predicted molar refractivity (Wildman–Crippen MR) is 127 cm³/mol. The van der Waals surface area contributed by atoms with Crippen molar-refractivity contribution in [2.24, 2.45) is 0 Å². The summed E-state index contributed by atoms with van der Waals surface area (Å²) < 4.78 is 17.1. The fraction of sp³-hybridized carbons (Fsp3) is 0.174. The van der Waals surface area contributed by atoms with Crippen LogP contribution in [0.1, 0.15) is 16.1 Å². The molecule has 0 saturated carbocycles. The topological polar surface area (TPSA) is 114 Å². The minimum atomic E-state index is -0.284. The molecule has 0 radical (unpaired) electrons. The van der Waals surface area contributed by atoms with Crippen molar-refractivity contribution in [2.45, 2.75) is 6.54 Å². The molecule has 0 atom stereocenters. The van der Waals surface area contributed by atoms with E-state index in [9.17, 15) is 4.79 Å². The third-order valence-corrected chi connectivity index (χ3v) is 5.58. The lowest BCUT2D eigenvalue weighted by Gasteiger charge is -2.15. The first kappa shape index (κ1) is 22.4. The van der Waals surface area contributed by atoms with Gasteiger partial charge in [0.15, 0.2) is 0 Å². The second-order valence-electron chi connectivity index (χ2n) is 7.03. The number of halogens is 1. The molecule has 0 unspecified atom stereocenters. The van der Waals surface area contributed by atoms with E-state index in [2.05, 4.69) is 41.6 Å². The Morgan fingerprint density at radius 1 is 0.970 bits per heavy atom. The van der Waals surface area contributed by atoms with Crippen LogP contribution in [0.5, 0.6) is 17.2 Å². The molecule has 0 saturated heterocycles. The first-order chi connectivity index (χ1) is 16.0. The van der Waals surface area contributed by atoms with E-state index in [-0.39, 0.29) is 12.5 Å². The largest absolute Gasteiger partial charge is 0.496 e. The highest BCUT2D eigenvalue weighted by Crippen LogP contribution is 2.34. The van der Waals surface area contributed by atoms with Crippen LogP contribution >= 0.6 is 15.9 Å². The number of H-pyrrole nitrogens is 2. The third-order valence-electron chi connectivity index (χ3n) is 5.09. The number of aromatic amines is 2. The van der Waals surface area contributed by atoms with E-state index in [1.807, 2.05) is 24.3 Å². The van der Waals surface area contributed by atoms with Crippen molar-refractivity contribution in [3.05, 3.63) is 64.4 Å². The zero-order chi connectivity index (χ0) is 23.4. The van der Waals surface area contributed by atoms with Crippen molar-refractivity contribution in [3.8, 4) is 39.8 Å². The zero-order valence-corrected chi connectivity index (χ0v) is 19.8. The van der Waals surface area contributed by atoms with Gasteiger partial charge in [0.25, 0.3) is 5.91 Å². The number of rotatable bonds is 8. The number of nitrogens with one attached hydrogen (secondary N) is 3. The van der Waals surface area contributed by atoms with Crippen LogP contribution in [0.2, 0.25) is 0 Å². The lowest BCUT2D eigenvalue weighted by molar-refractivity contribution is 0.0946. The van der Waals surface area contributed by atoms with Gasteiger partial charge in [-0.3, -0.25) is 4.79 Å². The van der Waals surface area contributed by atoms with Crippen molar-refractivity contribution in [3.63, 3.8) is 0 Å². The van der Waals surface area contributed by atoms with Crippen molar-refractivity contribution in [1.82, 2.24) is 25.7 Å². The molecule has 0 aliphatic carbocycles. The van der Waals surface area contributed by atoms with Crippen LogP contribution in [0, 0.1) is 0 Å². The second-order valence-corrected chi connectivity index (χ2v) is 7.94. The minimum absolute atomic E-state index is 0.205. The molecule has 1 amide bonds. The van der Waals surface area contributed by atoms with E-state index in [1.165, 1.54) is 0 Å². The van der Waals surface area contributed by atoms with Crippen LogP contribution in [0.4, 0.5) is 0 Å². The van der Waals surface area contributed by atoms with E-state index >= 15 is 0 Å². The Bertz CT molecular complexity index is 1260. The maximum absolute atomic E-state index is 12.8. The Morgan fingerprint density at radius 3 is 2.30 bits per heavy atom. The molecule has 2 heterocycles. The SMILES string of the molecule is COc1cc(OC)c(CNC(=O)c2cc(-c3n[nH]nc3-c3cccc(Br)c3)c[nH]2)c(OC)c1. The highest BCUT2D eigenvalue weighted by Gasteiger charge is 2.18. The number of aromatic nitrogens is 4. The summed E-state index contributed by atoms with van der Waals surface area (Å²) in [6.45, 7) is 0.205. The molecule has 0 spiro atoms. The summed E-state index contributed by atoms with van der Waals surface area (Å²) in [6, 6.07) is 13.0. The number of nitrogens with zero attached hydrogens (tertiary/aromatic N) is 2. The lowest BCUT2D eigenvalue weighted by atomic mass is 10.1. The van der Waals surface area contributed by atoms with E-state index in [1.54, 1.807) is 45.7 Å². The minimum Gasteiger partial charge on any atom is -0.496 e. The van der Waals surface area contributed by atoms with Gasteiger partial charge in [-0.05, 0) is 18.2 Å². The van der Waals surface area contributed by atoms with Gasteiger partial charge in [-0.1, -0.05) is 28.1 Å². The molecule has 3 N–H and O–H groups in total. The average molecular weight is 512 g/mol. The molecule has 2 aromatic carbocycles. The molecule has 0 aliphatic rings.